The van der Waals surface area contributed by atoms with Crippen molar-refractivity contribution in [1.29, 1.82) is 0 Å². The van der Waals surface area contributed by atoms with Gasteiger partial charge in [0.2, 0.25) is 0 Å². The predicted molar refractivity (Wildman–Crippen MR) is 114 cm³/mol. The summed E-state index contributed by atoms with van der Waals surface area (Å²) >= 11 is 0. The van der Waals surface area contributed by atoms with E-state index >= 15 is 0 Å². The standard InChI is InChI=1S/C24H15BO/c25-19-13-16-10-9-14-5-1-3-7-17(14)21(16)24-23(19)22-18-8-4-2-6-15(18)11-12-20(22)26-24/h1-13H,25H2. The van der Waals surface area contributed by atoms with E-state index in [0.29, 0.717) is 0 Å². The lowest BCUT2D eigenvalue weighted by Crippen LogP contribution is -2.03. The molecule has 0 aliphatic rings. The van der Waals surface area contributed by atoms with Crippen LogP contribution in [0.1, 0.15) is 0 Å². The molecule has 0 saturated heterocycles. The lowest BCUT2D eigenvalue weighted by molar-refractivity contribution is 0.673. The molecule has 6 aromatic rings. The van der Waals surface area contributed by atoms with Gasteiger partial charge in [0.1, 0.15) is 19.0 Å². The topological polar surface area (TPSA) is 13.1 Å². The maximum atomic E-state index is 6.46. The van der Waals surface area contributed by atoms with E-state index in [-0.39, 0.29) is 0 Å². The minimum Gasteiger partial charge on any atom is -0.455 e. The lowest BCUT2D eigenvalue weighted by Gasteiger charge is -2.07. The minimum absolute atomic E-state index is 0.960. The number of furan rings is 1. The van der Waals surface area contributed by atoms with Crippen LogP contribution < -0.4 is 5.46 Å². The maximum absolute atomic E-state index is 6.46. The molecule has 1 nitrogen and oxygen atoms in total. The first-order chi connectivity index (χ1) is 12.8. The Morgan fingerprint density at radius 2 is 1.19 bits per heavy atom. The van der Waals surface area contributed by atoms with Gasteiger partial charge in [-0.05, 0) is 33.0 Å². The zero-order valence-corrected chi connectivity index (χ0v) is 14.4. The van der Waals surface area contributed by atoms with Gasteiger partial charge >= 0.3 is 0 Å². The summed E-state index contributed by atoms with van der Waals surface area (Å²) in [5.74, 6) is 0. The second-order valence-electron chi connectivity index (χ2n) is 7.04. The number of rotatable bonds is 0. The van der Waals surface area contributed by atoms with Crippen LogP contribution in [-0.4, -0.2) is 7.85 Å². The quantitative estimate of drug-likeness (QED) is 0.272. The third kappa shape index (κ3) is 1.71. The summed E-state index contributed by atoms with van der Waals surface area (Å²) in [5, 5.41) is 9.91. The molecule has 0 bridgehead atoms. The van der Waals surface area contributed by atoms with Crippen LogP contribution in [0.15, 0.2) is 83.3 Å². The second-order valence-corrected chi connectivity index (χ2v) is 7.04. The molecule has 2 heteroatoms. The Balaban J connectivity index is 1.97. The van der Waals surface area contributed by atoms with E-state index in [9.17, 15) is 0 Å². The van der Waals surface area contributed by atoms with Gasteiger partial charge in [-0.2, -0.15) is 0 Å². The van der Waals surface area contributed by atoms with Crippen molar-refractivity contribution < 1.29 is 4.42 Å². The SMILES string of the molecule is Bc1cc2ccc3ccccc3c2c2oc3ccc4ccccc4c3c12. The van der Waals surface area contributed by atoms with Gasteiger partial charge in [0.15, 0.2) is 0 Å². The van der Waals surface area contributed by atoms with Crippen molar-refractivity contribution in [3.63, 3.8) is 0 Å². The highest BCUT2D eigenvalue weighted by atomic mass is 16.3. The van der Waals surface area contributed by atoms with Gasteiger partial charge in [0.05, 0.1) is 0 Å². The van der Waals surface area contributed by atoms with Gasteiger partial charge in [0, 0.05) is 16.2 Å². The van der Waals surface area contributed by atoms with E-state index in [1.54, 1.807) is 0 Å². The van der Waals surface area contributed by atoms with Crippen molar-refractivity contribution in [3.05, 3.63) is 78.9 Å². The highest BCUT2D eigenvalue weighted by Gasteiger charge is 2.16. The maximum Gasteiger partial charge on any atom is 0.143 e. The van der Waals surface area contributed by atoms with Crippen molar-refractivity contribution in [1.82, 2.24) is 0 Å². The third-order valence-electron chi connectivity index (χ3n) is 5.53. The Labute approximate surface area is 151 Å². The van der Waals surface area contributed by atoms with Crippen molar-refractivity contribution in [2.24, 2.45) is 0 Å². The first-order valence-electron chi connectivity index (χ1n) is 8.96. The van der Waals surface area contributed by atoms with E-state index < -0.39 is 0 Å². The lowest BCUT2D eigenvalue weighted by atomic mass is 9.86. The van der Waals surface area contributed by atoms with Gasteiger partial charge in [-0.25, -0.2) is 0 Å². The molecule has 6 rings (SSSR count). The van der Waals surface area contributed by atoms with Crippen molar-refractivity contribution in [2.75, 3.05) is 0 Å². The fraction of sp³-hybridized carbons (Fsp3) is 0. The number of hydrogen-bond donors (Lipinski definition) is 0. The number of hydrogen-bond acceptors (Lipinski definition) is 1. The van der Waals surface area contributed by atoms with E-state index in [4.69, 9.17) is 4.42 Å². The molecule has 0 spiro atoms. The average molecular weight is 330 g/mol. The van der Waals surface area contributed by atoms with Gasteiger partial charge in [0.25, 0.3) is 0 Å². The molecule has 0 fully saturated rings. The zero-order valence-electron chi connectivity index (χ0n) is 14.4. The van der Waals surface area contributed by atoms with E-state index in [0.717, 1.165) is 11.2 Å². The van der Waals surface area contributed by atoms with Gasteiger partial charge in [-0.1, -0.05) is 78.3 Å². The summed E-state index contributed by atoms with van der Waals surface area (Å²) in [6, 6.07) is 28.0. The van der Waals surface area contributed by atoms with Crippen LogP contribution in [0, 0.1) is 0 Å². The van der Waals surface area contributed by atoms with Crippen LogP contribution in [0.3, 0.4) is 0 Å². The molecule has 120 valence electrons. The first kappa shape index (κ1) is 14.0. The number of fused-ring (bicyclic) bond motifs is 9. The van der Waals surface area contributed by atoms with Crippen molar-refractivity contribution >= 4 is 67.6 Å². The largest absolute Gasteiger partial charge is 0.455 e. The molecular weight excluding hydrogens is 315 g/mol. The average Bonchev–Trinajstić information content (AvgIpc) is 3.08. The molecule has 0 unspecified atom stereocenters. The van der Waals surface area contributed by atoms with E-state index in [1.807, 2.05) is 0 Å². The van der Waals surface area contributed by atoms with Gasteiger partial charge < -0.3 is 4.42 Å². The summed E-state index contributed by atoms with van der Waals surface area (Å²) in [6.07, 6.45) is 0. The molecule has 0 aliphatic carbocycles. The van der Waals surface area contributed by atoms with Crippen LogP contribution in [0.25, 0.3) is 54.3 Å². The van der Waals surface area contributed by atoms with E-state index in [1.165, 1.54) is 48.6 Å². The Hall–Kier alpha value is -3.26. The Bertz CT molecular complexity index is 1490. The molecular formula is C24H15BO. The summed E-state index contributed by atoms with van der Waals surface area (Å²) in [7, 11) is 2.19. The van der Waals surface area contributed by atoms with E-state index in [2.05, 4.69) is 86.7 Å². The fourth-order valence-corrected chi connectivity index (χ4v) is 4.39. The molecule has 0 saturated carbocycles. The minimum atomic E-state index is 0.960. The summed E-state index contributed by atoms with van der Waals surface area (Å²) in [4.78, 5) is 0. The molecule has 0 atom stereocenters. The second kappa shape index (κ2) is 4.89. The zero-order chi connectivity index (χ0) is 17.3. The van der Waals surface area contributed by atoms with Crippen LogP contribution in [-0.2, 0) is 0 Å². The summed E-state index contributed by atoms with van der Waals surface area (Å²) < 4.78 is 6.46. The summed E-state index contributed by atoms with van der Waals surface area (Å²) in [5.41, 5.74) is 3.23. The summed E-state index contributed by atoms with van der Waals surface area (Å²) in [6.45, 7) is 0. The van der Waals surface area contributed by atoms with Gasteiger partial charge in [-0.3, -0.25) is 0 Å². The van der Waals surface area contributed by atoms with Crippen LogP contribution in [0.5, 0.6) is 0 Å². The molecule has 1 heterocycles. The fourth-order valence-electron chi connectivity index (χ4n) is 4.39. The normalized spacial score (nSPS) is 12.0. The molecule has 0 radical (unpaired) electrons. The molecule has 0 amide bonds. The molecule has 0 aliphatic heterocycles. The highest BCUT2D eigenvalue weighted by molar-refractivity contribution is 6.46. The molecule has 0 N–H and O–H groups in total. The Kier molecular flexibility index (Phi) is 2.63. The molecule has 26 heavy (non-hydrogen) atoms. The molecule has 1 aromatic heterocycles. The van der Waals surface area contributed by atoms with Crippen LogP contribution in [0.4, 0.5) is 0 Å². The first-order valence-corrected chi connectivity index (χ1v) is 8.96. The van der Waals surface area contributed by atoms with Crippen molar-refractivity contribution in [2.45, 2.75) is 0 Å². The predicted octanol–water partition coefficient (Wildman–Crippen LogP) is 5.30. The number of benzene rings is 5. The Morgan fingerprint density at radius 1 is 0.577 bits per heavy atom. The monoisotopic (exact) mass is 330 g/mol. The van der Waals surface area contributed by atoms with Crippen LogP contribution >= 0.6 is 0 Å². The van der Waals surface area contributed by atoms with Crippen molar-refractivity contribution in [3.8, 4) is 0 Å². The van der Waals surface area contributed by atoms with Crippen LogP contribution in [0.2, 0.25) is 0 Å². The highest BCUT2D eigenvalue weighted by Crippen LogP contribution is 2.39. The third-order valence-corrected chi connectivity index (χ3v) is 5.53. The molecule has 5 aromatic carbocycles. The van der Waals surface area contributed by atoms with Gasteiger partial charge in [-0.15, -0.1) is 0 Å². The Morgan fingerprint density at radius 3 is 1.96 bits per heavy atom. The smallest absolute Gasteiger partial charge is 0.143 e.